The summed E-state index contributed by atoms with van der Waals surface area (Å²) in [6.45, 7) is 4.12. The lowest BCUT2D eigenvalue weighted by atomic mass is 10.1. The molecule has 2 rings (SSSR count). The molecular formula is C21H24F3N3O3S. The average molecular weight is 456 g/mol. The summed E-state index contributed by atoms with van der Waals surface area (Å²) in [5.74, 6) is -3.14. The van der Waals surface area contributed by atoms with E-state index in [2.05, 4.69) is 10.6 Å². The van der Waals surface area contributed by atoms with Crippen molar-refractivity contribution in [3.05, 3.63) is 65.0 Å². The molecule has 0 aliphatic carbocycles. The zero-order valence-corrected chi connectivity index (χ0v) is 18.1. The molecule has 1 atom stereocenters. The summed E-state index contributed by atoms with van der Waals surface area (Å²) >= 11 is 0. The van der Waals surface area contributed by atoms with Gasteiger partial charge in [-0.15, -0.1) is 0 Å². The van der Waals surface area contributed by atoms with E-state index in [9.17, 15) is 26.4 Å². The maximum absolute atomic E-state index is 14.2. The van der Waals surface area contributed by atoms with Crippen LogP contribution >= 0.6 is 0 Å². The van der Waals surface area contributed by atoms with E-state index in [4.69, 9.17) is 0 Å². The minimum atomic E-state index is -3.86. The highest BCUT2D eigenvalue weighted by atomic mass is 32.2. The second-order valence-corrected chi connectivity index (χ2v) is 8.70. The number of benzene rings is 2. The van der Waals surface area contributed by atoms with Gasteiger partial charge in [-0.25, -0.2) is 21.6 Å². The molecule has 0 unspecified atom stereocenters. The molecule has 0 bridgehead atoms. The van der Waals surface area contributed by atoms with Crippen LogP contribution in [0.1, 0.15) is 37.4 Å². The molecule has 0 saturated carbocycles. The van der Waals surface area contributed by atoms with Gasteiger partial charge in [-0.05, 0) is 60.9 Å². The molecule has 0 aliphatic heterocycles. The number of hydrogen-bond donors (Lipinski definition) is 3. The van der Waals surface area contributed by atoms with Gasteiger partial charge in [0.05, 0.1) is 12.3 Å². The van der Waals surface area contributed by atoms with Gasteiger partial charge in [-0.2, -0.15) is 0 Å². The van der Waals surface area contributed by atoms with Crippen LogP contribution in [0.4, 0.5) is 24.5 Å². The molecule has 168 valence electrons. The largest absolute Gasteiger partial charge is 0.384 e. The first-order chi connectivity index (χ1) is 14.5. The summed E-state index contributed by atoms with van der Waals surface area (Å²) < 4.78 is 66.0. The molecule has 0 radical (unpaired) electrons. The maximum atomic E-state index is 14.2. The average Bonchev–Trinajstić information content (AvgIpc) is 2.67. The number of sulfonamides is 1. The number of nitrogens with one attached hydrogen (secondary N) is 3. The minimum Gasteiger partial charge on any atom is -0.384 e. The van der Waals surface area contributed by atoms with Crippen LogP contribution in [0, 0.1) is 17.5 Å². The van der Waals surface area contributed by atoms with Crippen molar-refractivity contribution in [1.82, 2.24) is 5.32 Å². The Morgan fingerprint density at radius 3 is 2.35 bits per heavy atom. The lowest BCUT2D eigenvalue weighted by molar-refractivity contribution is -0.117. The highest BCUT2D eigenvalue weighted by Crippen LogP contribution is 2.25. The standard InChI is InChI=1S/C21H24F3N3O3S/c1-4-9-25-19-12-16(22)7-5-14(19)6-8-20(28)26-13(2)15-10-17(23)21(18(24)11-15)27-31(3,29)30/h5-8,10-13,25,27H,4,9H2,1-3H3,(H,26,28)/t13-/m1/s1. The monoisotopic (exact) mass is 455 g/mol. The third kappa shape index (κ3) is 7.32. The normalized spacial score (nSPS) is 12.6. The molecule has 10 heteroatoms. The Balaban J connectivity index is 2.13. The fourth-order valence-corrected chi connectivity index (χ4v) is 3.29. The lowest BCUT2D eigenvalue weighted by Crippen LogP contribution is -2.25. The van der Waals surface area contributed by atoms with Crippen molar-refractivity contribution in [3.8, 4) is 0 Å². The van der Waals surface area contributed by atoms with E-state index >= 15 is 0 Å². The van der Waals surface area contributed by atoms with Crippen LogP contribution in [0.25, 0.3) is 6.08 Å². The SMILES string of the molecule is CCCNc1cc(F)ccc1C=CC(=O)N[C@H](C)c1cc(F)c(NS(C)(=O)=O)c(F)c1. The van der Waals surface area contributed by atoms with E-state index in [0.717, 1.165) is 24.8 Å². The molecule has 0 saturated heterocycles. The predicted molar refractivity (Wildman–Crippen MR) is 116 cm³/mol. The zero-order chi connectivity index (χ0) is 23.2. The Morgan fingerprint density at radius 1 is 1.13 bits per heavy atom. The third-order valence-electron chi connectivity index (χ3n) is 4.21. The van der Waals surface area contributed by atoms with Crippen LogP contribution < -0.4 is 15.4 Å². The molecule has 0 aliphatic rings. The van der Waals surface area contributed by atoms with Crippen molar-refractivity contribution >= 4 is 33.4 Å². The number of amides is 1. The van der Waals surface area contributed by atoms with E-state index in [0.29, 0.717) is 17.8 Å². The molecule has 0 heterocycles. The molecule has 0 spiro atoms. The van der Waals surface area contributed by atoms with Gasteiger partial charge in [-0.3, -0.25) is 9.52 Å². The topological polar surface area (TPSA) is 87.3 Å². The van der Waals surface area contributed by atoms with Crippen LogP contribution in [0.3, 0.4) is 0 Å². The first-order valence-corrected chi connectivity index (χ1v) is 11.4. The van der Waals surface area contributed by atoms with E-state index in [1.807, 2.05) is 6.92 Å². The molecule has 2 aromatic carbocycles. The highest BCUT2D eigenvalue weighted by Gasteiger charge is 2.18. The van der Waals surface area contributed by atoms with Crippen LogP contribution in [0.15, 0.2) is 36.4 Å². The van der Waals surface area contributed by atoms with Crippen molar-refractivity contribution in [3.63, 3.8) is 0 Å². The Bertz CT molecular complexity index is 1070. The van der Waals surface area contributed by atoms with Crippen LogP contribution in [-0.4, -0.2) is 27.1 Å². The summed E-state index contributed by atoms with van der Waals surface area (Å²) in [7, 11) is -3.86. The van der Waals surface area contributed by atoms with Gasteiger partial charge in [0.2, 0.25) is 15.9 Å². The molecule has 0 fully saturated rings. The minimum absolute atomic E-state index is 0.114. The van der Waals surface area contributed by atoms with Gasteiger partial charge in [-0.1, -0.05) is 6.92 Å². The van der Waals surface area contributed by atoms with E-state index in [1.165, 1.54) is 37.3 Å². The van der Waals surface area contributed by atoms with Crippen LogP contribution in [0.5, 0.6) is 0 Å². The Labute approximate surface area is 179 Å². The first-order valence-electron chi connectivity index (χ1n) is 9.49. The number of carbonyl (C=O) groups excluding carboxylic acids is 1. The number of anilines is 2. The smallest absolute Gasteiger partial charge is 0.244 e. The summed E-state index contributed by atoms with van der Waals surface area (Å²) in [4.78, 5) is 12.2. The molecule has 2 aromatic rings. The fourth-order valence-electron chi connectivity index (χ4n) is 2.72. The van der Waals surface area contributed by atoms with Crippen molar-refractivity contribution in [2.45, 2.75) is 26.3 Å². The lowest BCUT2D eigenvalue weighted by Gasteiger charge is -2.15. The van der Waals surface area contributed by atoms with Crippen LogP contribution in [-0.2, 0) is 14.8 Å². The molecule has 3 N–H and O–H groups in total. The third-order valence-corrected chi connectivity index (χ3v) is 4.78. The number of hydrogen-bond acceptors (Lipinski definition) is 4. The summed E-state index contributed by atoms with van der Waals surface area (Å²) in [5.41, 5.74) is 0.471. The van der Waals surface area contributed by atoms with Crippen molar-refractivity contribution < 1.29 is 26.4 Å². The second-order valence-electron chi connectivity index (χ2n) is 6.96. The van der Waals surface area contributed by atoms with Crippen LogP contribution in [0.2, 0.25) is 0 Å². The van der Waals surface area contributed by atoms with Gasteiger partial charge >= 0.3 is 0 Å². The van der Waals surface area contributed by atoms with Crippen molar-refractivity contribution in [2.24, 2.45) is 0 Å². The highest BCUT2D eigenvalue weighted by molar-refractivity contribution is 7.92. The van der Waals surface area contributed by atoms with Crippen molar-refractivity contribution in [2.75, 3.05) is 22.8 Å². The summed E-state index contributed by atoms with van der Waals surface area (Å²) in [6.07, 6.45) is 4.34. The Morgan fingerprint density at radius 2 is 1.77 bits per heavy atom. The number of halogens is 3. The van der Waals surface area contributed by atoms with E-state index in [1.54, 1.807) is 4.72 Å². The number of rotatable bonds is 9. The molecule has 1 amide bonds. The fraction of sp³-hybridized carbons (Fsp3) is 0.286. The van der Waals surface area contributed by atoms with E-state index < -0.39 is 45.1 Å². The Kier molecular flexibility index (Phi) is 8.09. The molecule has 31 heavy (non-hydrogen) atoms. The van der Waals surface area contributed by atoms with Gasteiger partial charge in [0.1, 0.15) is 11.5 Å². The van der Waals surface area contributed by atoms with Gasteiger partial charge in [0.25, 0.3) is 0 Å². The molecule has 0 aromatic heterocycles. The van der Waals surface area contributed by atoms with Gasteiger partial charge in [0, 0.05) is 18.3 Å². The Hall–Kier alpha value is -3.01. The van der Waals surface area contributed by atoms with Gasteiger partial charge < -0.3 is 10.6 Å². The summed E-state index contributed by atoms with van der Waals surface area (Å²) in [5, 5.41) is 5.64. The van der Waals surface area contributed by atoms with E-state index in [-0.39, 0.29) is 5.56 Å². The second kappa shape index (κ2) is 10.3. The number of carbonyl (C=O) groups is 1. The quantitative estimate of drug-likeness (QED) is 0.495. The first kappa shape index (κ1) is 24.3. The van der Waals surface area contributed by atoms with Crippen molar-refractivity contribution in [1.29, 1.82) is 0 Å². The predicted octanol–water partition coefficient (Wildman–Crippen LogP) is 4.19. The van der Waals surface area contributed by atoms with Gasteiger partial charge in [0.15, 0.2) is 11.6 Å². The zero-order valence-electron chi connectivity index (χ0n) is 17.3. The molecule has 6 nitrogen and oxygen atoms in total. The summed E-state index contributed by atoms with van der Waals surface area (Å²) in [6, 6.07) is 5.25. The molecular weight excluding hydrogens is 431 g/mol. The maximum Gasteiger partial charge on any atom is 0.244 e.